The highest BCUT2D eigenvalue weighted by Gasteiger charge is 2.53. The van der Waals surface area contributed by atoms with Gasteiger partial charge in [0.1, 0.15) is 5.84 Å². The molecule has 3 aliphatic carbocycles. The van der Waals surface area contributed by atoms with Crippen LogP contribution in [-0.4, -0.2) is 11.9 Å². The van der Waals surface area contributed by atoms with Gasteiger partial charge in [0.15, 0.2) is 0 Å². The molecule has 0 saturated heterocycles. The summed E-state index contributed by atoms with van der Waals surface area (Å²) in [5.74, 6) is 0.106. The molecule has 0 saturated carbocycles. The number of rotatable bonds is 6. The molecule has 4 nitrogen and oxygen atoms in total. The summed E-state index contributed by atoms with van der Waals surface area (Å²) in [6.45, 7) is 2.59. The van der Waals surface area contributed by atoms with E-state index in [1.54, 1.807) is 0 Å². The van der Waals surface area contributed by atoms with Gasteiger partial charge in [0.2, 0.25) is 0 Å². The van der Waals surface area contributed by atoms with Gasteiger partial charge in [-0.25, -0.2) is 0 Å². The first kappa shape index (κ1) is 43.8. The molecule has 12 rings (SSSR count). The van der Waals surface area contributed by atoms with Gasteiger partial charge in [-0.1, -0.05) is 230 Å². The molecule has 68 heavy (non-hydrogen) atoms. The molecule has 1 unspecified atom stereocenters. The molecular formula is C64H56N4. The van der Waals surface area contributed by atoms with E-state index >= 15 is 0 Å². The summed E-state index contributed by atoms with van der Waals surface area (Å²) < 4.78 is 0. The molecule has 1 spiro atoms. The summed E-state index contributed by atoms with van der Waals surface area (Å²) in [6, 6.07) is 73.2. The Hall–Kier alpha value is -8.05. The zero-order valence-electron chi connectivity index (χ0n) is 38.5. The number of nitrogens with two attached hydrogens (primary N) is 2. The van der Waals surface area contributed by atoms with Gasteiger partial charge in [-0.2, -0.15) is 0 Å². The quantitative estimate of drug-likeness (QED) is 0.115. The van der Waals surface area contributed by atoms with E-state index in [0.29, 0.717) is 6.54 Å². The van der Waals surface area contributed by atoms with Crippen molar-refractivity contribution in [2.45, 2.75) is 44.2 Å². The number of allylic oxidation sites excluding steroid dienone is 6. The minimum Gasteiger partial charge on any atom is -0.384 e. The van der Waals surface area contributed by atoms with Crippen LogP contribution in [0.25, 0.3) is 33.4 Å². The standard InChI is InChI=1S/C44H36N2.C13H12N2.C7H8/c45-29-32-16-13-23-40-43(32)36-28-31(35-20-8-7-19-34(35)30-14-3-1-4-15-30)26-27-37(36)44(40)38-21-9-11-24-41(38)46(33-17-5-2-6-18-33)42-25-12-10-22-39(42)44;14-13(15)12-8-6-11(7-9-12)10-4-2-1-3-5-10;1-7-5-3-2-4-6-7/h1-17,19-25,28,33H,18,26-27,29,45H2;1-9H,(H3,14,15);2-6H,1H3. The largest absolute Gasteiger partial charge is 0.384 e. The fraction of sp³-hybridized carbons (Fsp3) is 0.109. The van der Waals surface area contributed by atoms with Crippen LogP contribution in [0.15, 0.2) is 242 Å². The first-order valence-electron chi connectivity index (χ1n) is 23.7. The number of hydrogen-bond acceptors (Lipinski definition) is 3. The van der Waals surface area contributed by atoms with Crippen molar-refractivity contribution in [3.05, 3.63) is 287 Å². The van der Waals surface area contributed by atoms with Crippen LogP contribution in [0.4, 0.5) is 11.4 Å². The molecule has 1 atom stereocenters. The molecule has 8 aromatic rings. The third-order valence-corrected chi connectivity index (χ3v) is 13.8. The summed E-state index contributed by atoms with van der Waals surface area (Å²) in [4.78, 5) is 2.58. The van der Waals surface area contributed by atoms with E-state index in [2.05, 4.69) is 188 Å². The lowest BCUT2D eigenvalue weighted by Crippen LogP contribution is -2.42. The number of benzene rings is 8. The van der Waals surface area contributed by atoms with Gasteiger partial charge in [-0.15, -0.1) is 0 Å². The van der Waals surface area contributed by atoms with Crippen molar-refractivity contribution in [2.24, 2.45) is 11.5 Å². The lowest BCUT2D eigenvalue weighted by atomic mass is 9.62. The van der Waals surface area contributed by atoms with E-state index in [0.717, 1.165) is 30.4 Å². The van der Waals surface area contributed by atoms with Crippen LogP contribution in [0.5, 0.6) is 0 Å². The molecule has 8 aromatic carbocycles. The lowest BCUT2D eigenvalue weighted by molar-refractivity contribution is 0.662. The van der Waals surface area contributed by atoms with Crippen LogP contribution < -0.4 is 16.4 Å². The first-order chi connectivity index (χ1) is 33.5. The number of fused-ring (bicyclic) bond motifs is 8. The second-order valence-corrected chi connectivity index (χ2v) is 17.8. The van der Waals surface area contributed by atoms with Gasteiger partial charge < -0.3 is 16.4 Å². The molecule has 5 N–H and O–H groups in total. The van der Waals surface area contributed by atoms with Gasteiger partial charge in [-0.3, -0.25) is 5.41 Å². The van der Waals surface area contributed by atoms with Gasteiger partial charge in [-0.05, 0) is 111 Å². The molecule has 4 heteroatoms. The highest BCUT2D eigenvalue weighted by molar-refractivity contribution is 6.01. The zero-order valence-corrected chi connectivity index (χ0v) is 38.5. The SMILES string of the molecule is Cc1ccccc1.N=C(N)c1ccc(-c2ccccc2)cc1.NCc1cccc2c1C1=C(CCC(c3ccccc3-c3ccccc3)=C1)C21c2ccccc2N(C2C=CC=CC2)c2ccccc21. The van der Waals surface area contributed by atoms with Crippen LogP contribution >= 0.6 is 0 Å². The number of amidine groups is 1. The van der Waals surface area contributed by atoms with Crippen molar-refractivity contribution in [3.63, 3.8) is 0 Å². The summed E-state index contributed by atoms with van der Waals surface area (Å²) in [6.07, 6.45) is 14.5. The topological polar surface area (TPSA) is 79.1 Å². The van der Waals surface area contributed by atoms with Gasteiger partial charge >= 0.3 is 0 Å². The Labute approximate surface area is 401 Å². The normalized spacial score (nSPS) is 15.6. The summed E-state index contributed by atoms with van der Waals surface area (Å²) in [5.41, 5.74) is 33.3. The number of nitrogens with zero attached hydrogens (tertiary/aromatic N) is 1. The highest BCUT2D eigenvalue weighted by Crippen LogP contribution is 2.64. The molecule has 0 fully saturated rings. The van der Waals surface area contributed by atoms with E-state index in [1.807, 2.05) is 60.7 Å². The maximum atomic E-state index is 7.29. The summed E-state index contributed by atoms with van der Waals surface area (Å²) in [5, 5.41) is 7.29. The second kappa shape index (κ2) is 19.4. The monoisotopic (exact) mass is 880 g/mol. The lowest BCUT2D eigenvalue weighted by Gasteiger charge is -2.48. The van der Waals surface area contributed by atoms with Crippen molar-refractivity contribution in [1.82, 2.24) is 0 Å². The average molecular weight is 881 g/mol. The third-order valence-electron chi connectivity index (χ3n) is 13.8. The van der Waals surface area contributed by atoms with Crippen LogP contribution in [-0.2, 0) is 12.0 Å². The van der Waals surface area contributed by atoms with Crippen LogP contribution in [0.3, 0.4) is 0 Å². The van der Waals surface area contributed by atoms with E-state index in [1.165, 1.54) is 83.7 Å². The average Bonchev–Trinajstić information content (AvgIpc) is 3.70. The van der Waals surface area contributed by atoms with E-state index in [9.17, 15) is 0 Å². The summed E-state index contributed by atoms with van der Waals surface area (Å²) in [7, 11) is 0. The molecule has 0 amide bonds. The Morgan fingerprint density at radius 2 is 1.13 bits per heavy atom. The van der Waals surface area contributed by atoms with Gasteiger partial charge in [0.05, 0.1) is 11.5 Å². The van der Waals surface area contributed by atoms with Crippen molar-refractivity contribution in [3.8, 4) is 22.3 Å². The van der Waals surface area contributed by atoms with Crippen molar-refractivity contribution in [1.29, 1.82) is 5.41 Å². The zero-order chi connectivity index (χ0) is 46.5. The summed E-state index contributed by atoms with van der Waals surface area (Å²) >= 11 is 0. The van der Waals surface area contributed by atoms with Gasteiger partial charge in [0, 0.05) is 23.5 Å². The highest BCUT2D eigenvalue weighted by atomic mass is 15.2. The molecular weight excluding hydrogens is 825 g/mol. The van der Waals surface area contributed by atoms with Gasteiger partial charge in [0.25, 0.3) is 0 Å². The van der Waals surface area contributed by atoms with Crippen LogP contribution in [0.2, 0.25) is 0 Å². The molecule has 1 aliphatic heterocycles. The number of hydrogen-bond donors (Lipinski definition) is 3. The van der Waals surface area contributed by atoms with E-state index in [-0.39, 0.29) is 17.3 Å². The Morgan fingerprint density at radius 1 is 0.574 bits per heavy atom. The molecule has 1 heterocycles. The van der Waals surface area contributed by atoms with Crippen molar-refractivity contribution in [2.75, 3.05) is 4.90 Å². The van der Waals surface area contributed by atoms with Crippen LogP contribution in [0.1, 0.15) is 63.8 Å². The number of aryl methyl sites for hydroxylation is 1. The second-order valence-electron chi connectivity index (χ2n) is 17.8. The first-order valence-corrected chi connectivity index (χ1v) is 23.7. The van der Waals surface area contributed by atoms with Crippen molar-refractivity contribution < 1.29 is 0 Å². The molecule has 0 radical (unpaired) electrons. The number of para-hydroxylation sites is 2. The third kappa shape index (κ3) is 8.14. The maximum absolute atomic E-state index is 7.29. The minimum absolute atomic E-state index is 0.106. The molecule has 4 aliphatic rings. The predicted octanol–water partition coefficient (Wildman–Crippen LogP) is 14.8. The minimum atomic E-state index is -0.380. The predicted molar refractivity (Wildman–Crippen MR) is 286 cm³/mol. The Bertz CT molecular complexity index is 3170. The van der Waals surface area contributed by atoms with Crippen molar-refractivity contribution >= 4 is 28.4 Å². The Balaban J connectivity index is 0.000000201. The Kier molecular flexibility index (Phi) is 12.5. The number of nitrogens with one attached hydrogen (secondary N) is 1. The molecule has 0 aromatic heterocycles. The fourth-order valence-electron chi connectivity index (χ4n) is 10.8. The number of anilines is 2. The number of nitrogen functional groups attached to an aromatic ring is 1. The van der Waals surface area contributed by atoms with E-state index < -0.39 is 0 Å². The molecule has 0 bridgehead atoms. The Morgan fingerprint density at radius 3 is 1.72 bits per heavy atom. The smallest absolute Gasteiger partial charge is 0.122 e. The fourth-order valence-corrected chi connectivity index (χ4v) is 10.8. The van der Waals surface area contributed by atoms with E-state index in [4.69, 9.17) is 16.9 Å². The molecule has 332 valence electrons. The van der Waals surface area contributed by atoms with Crippen LogP contribution in [0, 0.1) is 12.3 Å². The maximum Gasteiger partial charge on any atom is 0.122 e.